The number of aryl methyl sites for hydroxylation is 1. The van der Waals surface area contributed by atoms with E-state index in [0.29, 0.717) is 5.02 Å². The van der Waals surface area contributed by atoms with Gasteiger partial charge in [0.15, 0.2) is 5.82 Å². The number of nitrogens with zero attached hydrogens (tertiary/aromatic N) is 2. The zero-order valence-electron chi connectivity index (χ0n) is 11.3. The summed E-state index contributed by atoms with van der Waals surface area (Å²) in [7, 11) is 0. The average Bonchev–Trinajstić information content (AvgIpc) is 2.39. The SMILES string of the molecule is CCCc1cc(NCC)nc(-c2cccc(Cl)c2)n1. The monoisotopic (exact) mass is 275 g/mol. The molecule has 1 aromatic heterocycles. The summed E-state index contributed by atoms with van der Waals surface area (Å²) in [6.07, 6.45) is 2.02. The van der Waals surface area contributed by atoms with Crippen LogP contribution in [0.2, 0.25) is 5.02 Å². The zero-order valence-corrected chi connectivity index (χ0v) is 12.0. The summed E-state index contributed by atoms with van der Waals surface area (Å²) < 4.78 is 0. The van der Waals surface area contributed by atoms with Crippen molar-refractivity contribution in [1.82, 2.24) is 9.97 Å². The fourth-order valence-electron chi connectivity index (χ4n) is 1.91. The Kier molecular flexibility index (Phi) is 4.74. The zero-order chi connectivity index (χ0) is 13.7. The van der Waals surface area contributed by atoms with E-state index in [0.717, 1.165) is 42.3 Å². The molecule has 0 atom stereocenters. The fourth-order valence-corrected chi connectivity index (χ4v) is 2.10. The summed E-state index contributed by atoms with van der Waals surface area (Å²) in [6.45, 7) is 5.05. The van der Waals surface area contributed by atoms with Gasteiger partial charge >= 0.3 is 0 Å². The first-order valence-electron chi connectivity index (χ1n) is 6.60. The normalized spacial score (nSPS) is 10.5. The molecular weight excluding hydrogens is 258 g/mol. The minimum Gasteiger partial charge on any atom is -0.370 e. The van der Waals surface area contributed by atoms with Crippen molar-refractivity contribution < 1.29 is 0 Å². The van der Waals surface area contributed by atoms with Crippen molar-refractivity contribution in [2.24, 2.45) is 0 Å². The predicted molar refractivity (Wildman–Crippen MR) is 80.6 cm³/mol. The Labute approximate surface area is 119 Å². The van der Waals surface area contributed by atoms with Crippen molar-refractivity contribution in [3.8, 4) is 11.4 Å². The maximum atomic E-state index is 6.03. The Morgan fingerprint density at radius 2 is 2.00 bits per heavy atom. The van der Waals surface area contributed by atoms with E-state index in [1.807, 2.05) is 30.3 Å². The molecule has 2 rings (SSSR count). The van der Waals surface area contributed by atoms with Gasteiger partial charge in [0.1, 0.15) is 5.82 Å². The Bertz CT molecular complexity index is 531. The third-order valence-corrected chi connectivity index (χ3v) is 2.96. The van der Waals surface area contributed by atoms with Gasteiger partial charge < -0.3 is 5.32 Å². The first-order valence-corrected chi connectivity index (χ1v) is 6.98. The first-order chi connectivity index (χ1) is 9.22. The van der Waals surface area contributed by atoms with Gasteiger partial charge in [-0.2, -0.15) is 0 Å². The van der Waals surface area contributed by atoms with Crippen LogP contribution in [-0.4, -0.2) is 16.5 Å². The second-order valence-electron chi connectivity index (χ2n) is 4.36. The average molecular weight is 276 g/mol. The molecule has 0 aliphatic carbocycles. The molecule has 1 aromatic carbocycles. The van der Waals surface area contributed by atoms with E-state index in [9.17, 15) is 0 Å². The highest BCUT2D eigenvalue weighted by atomic mass is 35.5. The summed E-state index contributed by atoms with van der Waals surface area (Å²) in [5.41, 5.74) is 2.01. The second kappa shape index (κ2) is 6.53. The van der Waals surface area contributed by atoms with Gasteiger partial charge in [-0.15, -0.1) is 0 Å². The van der Waals surface area contributed by atoms with Crippen LogP contribution in [0, 0.1) is 0 Å². The molecule has 19 heavy (non-hydrogen) atoms. The summed E-state index contributed by atoms with van der Waals surface area (Å²) >= 11 is 6.03. The highest BCUT2D eigenvalue weighted by Crippen LogP contribution is 2.21. The van der Waals surface area contributed by atoms with Crippen LogP contribution in [0.25, 0.3) is 11.4 Å². The highest BCUT2D eigenvalue weighted by Gasteiger charge is 2.06. The lowest BCUT2D eigenvalue weighted by molar-refractivity contribution is 0.875. The Hall–Kier alpha value is -1.61. The molecule has 2 aromatic rings. The van der Waals surface area contributed by atoms with E-state index in [4.69, 9.17) is 11.6 Å². The minimum atomic E-state index is 0.701. The van der Waals surface area contributed by atoms with Crippen LogP contribution in [0.5, 0.6) is 0 Å². The molecule has 0 amide bonds. The molecule has 1 N–H and O–H groups in total. The van der Waals surface area contributed by atoms with Gasteiger partial charge in [0.05, 0.1) is 0 Å². The third-order valence-electron chi connectivity index (χ3n) is 2.73. The number of aromatic nitrogens is 2. The van der Waals surface area contributed by atoms with Crippen LogP contribution in [0.4, 0.5) is 5.82 Å². The van der Waals surface area contributed by atoms with Crippen LogP contribution in [0.1, 0.15) is 26.0 Å². The summed E-state index contributed by atoms with van der Waals surface area (Å²) in [4.78, 5) is 9.14. The Morgan fingerprint density at radius 3 is 2.68 bits per heavy atom. The largest absolute Gasteiger partial charge is 0.370 e. The van der Waals surface area contributed by atoms with Crippen LogP contribution in [0.15, 0.2) is 30.3 Å². The molecule has 0 aliphatic rings. The van der Waals surface area contributed by atoms with Gasteiger partial charge in [0.25, 0.3) is 0 Å². The topological polar surface area (TPSA) is 37.8 Å². The van der Waals surface area contributed by atoms with Crippen molar-refractivity contribution in [3.05, 3.63) is 41.0 Å². The number of hydrogen-bond acceptors (Lipinski definition) is 3. The summed E-state index contributed by atoms with van der Waals surface area (Å²) in [5.74, 6) is 1.60. The van der Waals surface area contributed by atoms with Gasteiger partial charge in [-0.3, -0.25) is 0 Å². The van der Waals surface area contributed by atoms with Crippen molar-refractivity contribution in [2.75, 3.05) is 11.9 Å². The summed E-state index contributed by atoms with van der Waals surface area (Å²) in [6, 6.07) is 9.66. The fraction of sp³-hybridized carbons (Fsp3) is 0.333. The lowest BCUT2D eigenvalue weighted by Gasteiger charge is -2.08. The standard InChI is InChI=1S/C15H18ClN3/c1-3-6-13-10-14(17-4-2)19-15(18-13)11-7-5-8-12(16)9-11/h5,7-10H,3-4,6H2,1-2H3,(H,17,18,19). The molecule has 0 radical (unpaired) electrons. The molecule has 3 nitrogen and oxygen atoms in total. The maximum Gasteiger partial charge on any atom is 0.161 e. The number of benzene rings is 1. The van der Waals surface area contributed by atoms with Crippen molar-refractivity contribution in [1.29, 1.82) is 0 Å². The van der Waals surface area contributed by atoms with Crippen molar-refractivity contribution in [2.45, 2.75) is 26.7 Å². The lowest BCUT2D eigenvalue weighted by Crippen LogP contribution is -2.04. The molecule has 0 fully saturated rings. The van der Waals surface area contributed by atoms with Crippen molar-refractivity contribution in [3.63, 3.8) is 0 Å². The molecule has 4 heteroatoms. The first kappa shape index (κ1) is 13.8. The maximum absolute atomic E-state index is 6.03. The smallest absolute Gasteiger partial charge is 0.161 e. The Balaban J connectivity index is 2.43. The number of hydrogen-bond donors (Lipinski definition) is 1. The van der Waals surface area contributed by atoms with E-state index in [2.05, 4.69) is 29.1 Å². The molecule has 0 bridgehead atoms. The number of halogens is 1. The van der Waals surface area contributed by atoms with Gasteiger partial charge in [-0.25, -0.2) is 9.97 Å². The number of anilines is 1. The van der Waals surface area contributed by atoms with Crippen LogP contribution >= 0.6 is 11.6 Å². The third kappa shape index (κ3) is 3.67. The van der Waals surface area contributed by atoms with Gasteiger partial charge in [-0.05, 0) is 25.5 Å². The van der Waals surface area contributed by atoms with Crippen LogP contribution in [0.3, 0.4) is 0 Å². The Morgan fingerprint density at radius 1 is 1.16 bits per heavy atom. The summed E-state index contributed by atoms with van der Waals surface area (Å²) in [5, 5.41) is 3.95. The van der Waals surface area contributed by atoms with Crippen LogP contribution < -0.4 is 5.32 Å². The van der Waals surface area contributed by atoms with E-state index >= 15 is 0 Å². The van der Waals surface area contributed by atoms with E-state index in [1.54, 1.807) is 0 Å². The van der Waals surface area contributed by atoms with Crippen molar-refractivity contribution >= 4 is 17.4 Å². The predicted octanol–water partition coefficient (Wildman–Crippen LogP) is 4.18. The van der Waals surface area contributed by atoms with E-state index < -0.39 is 0 Å². The molecule has 0 spiro atoms. The molecule has 0 saturated carbocycles. The molecule has 100 valence electrons. The number of nitrogens with one attached hydrogen (secondary N) is 1. The molecular formula is C15H18ClN3. The van der Waals surface area contributed by atoms with Crippen LogP contribution in [-0.2, 0) is 6.42 Å². The lowest BCUT2D eigenvalue weighted by atomic mass is 10.2. The van der Waals surface area contributed by atoms with Gasteiger partial charge in [0, 0.05) is 28.9 Å². The van der Waals surface area contributed by atoms with E-state index in [-0.39, 0.29) is 0 Å². The second-order valence-corrected chi connectivity index (χ2v) is 4.80. The minimum absolute atomic E-state index is 0.701. The van der Waals surface area contributed by atoms with Gasteiger partial charge in [-0.1, -0.05) is 37.1 Å². The highest BCUT2D eigenvalue weighted by molar-refractivity contribution is 6.30. The van der Waals surface area contributed by atoms with Gasteiger partial charge in [0.2, 0.25) is 0 Å². The molecule has 0 saturated heterocycles. The molecule has 1 heterocycles. The number of rotatable bonds is 5. The quantitative estimate of drug-likeness (QED) is 0.889. The molecule has 0 unspecified atom stereocenters. The van der Waals surface area contributed by atoms with E-state index in [1.165, 1.54) is 0 Å². The molecule has 0 aliphatic heterocycles.